The monoisotopic (exact) mass is 169 g/mol. The lowest BCUT2D eigenvalue weighted by molar-refractivity contribution is 0.0115. The molecule has 2 fully saturated rings. The highest BCUT2D eigenvalue weighted by atomic mass is 16.3. The van der Waals surface area contributed by atoms with Crippen molar-refractivity contribution >= 4 is 0 Å². The normalized spacial score (nSPS) is 29.0. The molecule has 0 aromatic heterocycles. The highest BCUT2D eigenvalue weighted by molar-refractivity contribution is 5.05. The van der Waals surface area contributed by atoms with E-state index in [-0.39, 0.29) is 6.10 Å². The molecule has 1 N–H and O–H groups in total. The summed E-state index contributed by atoms with van der Waals surface area (Å²) in [5.74, 6) is 0.403. The first kappa shape index (κ1) is 8.52. The van der Waals surface area contributed by atoms with Crippen LogP contribution >= 0.6 is 0 Å². The zero-order chi connectivity index (χ0) is 8.77. The molecule has 12 heavy (non-hydrogen) atoms. The average Bonchev–Trinajstić information content (AvgIpc) is 2.65. The van der Waals surface area contributed by atoms with Crippen LogP contribution in [0, 0.1) is 11.3 Å². The minimum absolute atomic E-state index is 0.124. The van der Waals surface area contributed by atoms with Gasteiger partial charge in [0.15, 0.2) is 0 Å². The molecule has 70 valence electrons. The predicted octanol–water partition coefficient (Wildman–Crippen LogP) is 1.10. The maximum atomic E-state index is 9.61. The predicted molar refractivity (Wildman–Crippen MR) is 49.0 cm³/mol. The van der Waals surface area contributed by atoms with E-state index in [1.807, 2.05) is 0 Å². The van der Waals surface area contributed by atoms with E-state index in [0.717, 1.165) is 12.0 Å². The molecule has 1 saturated carbocycles. The summed E-state index contributed by atoms with van der Waals surface area (Å²) in [4.78, 5) is 2.39. The van der Waals surface area contributed by atoms with Crippen molar-refractivity contribution in [1.82, 2.24) is 4.90 Å². The summed E-state index contributed by atoms with van der Waals surface area (Å²) < 4.78 is 0. The number of β-amino-alcohol motifs (C(OH)–C–C–N with tert-alkyl or cyclic N) is 1. The molecule has 2 heteroatoms. The van der Waals surface area contributed by atoms with Gasteiger partial charge in [0.05, 0.1) is 6.10 Å². The van der Waals surface area contributed by atoms with Gasteiger partial charge in [-0.25, -0.2) is 0 Å². The molecule has 1 aliphatic heterocycles. The Morgan fingerprint density at radius 3 is 2.33 bits per heavy atom. The Morgan fingerprint density at radius 1 is 1.33 bits per heavy atom. The molecular formula is C10H19NO. The number of aliphatic hydroxyl groups excluding tert-OH is 1. The van der Waals surface area contributed by atoms with Gasteiger partial charge in [0.25, 0.3) is 0 Å². The molecule has 0 bridgehead atoms. The van der Waals surface area contributed by atoms with Gasteiger partial charge in [-0.05, 0) is 24.2 Å². The van der Waals surface area contributed by atoms with Crippen molar-refractivity contribution in [1.29, 1.82) is 0 Å². The van der Waals surface area contributed by atoms with Gasteiger partial charge in [-0.15, -0.1) is 0 Å². The van der Waals surface area contributed by atoms with E-state index in [1.54, 1.807) is 0 Å². The van der Waals surface area contributed by atoms with Crippen molar-refractivity contribution in [2.45, 2.75) is 32.8 Å². The quantitative estimate of drug-likeness (QED) is 0.684. The molecule has 0 amide bonds. The first-order valence-electron chi connectivity index (χ1n) is 5.02. The third kappa shape index (κ3) is 1.50. The van der Waals surface area contributed by atoms with Crippen LogP contribution in [0.15, 0.2) is 0 Å². The lowest BCUT2D eigenvalue weighted by Gasteiger charge is -2.41. The molecule has 1 unspecified atom stereocenters. The molecule has 2 rings (SSSR count). The Balaban J connectivity index is 1.68. The Kier molecular flexibility index (Phi) is 1.92. The van der Waals surface area contributed by atoms with Crippen LogP contribution in [0.25, 0.3) is 0 Å². The molecule has 2 aliphatic rings. The molecule has 1 heterocycles. The second kappa shape index (κ2) is 2.71. The summed E-state index contributed by atoms with van der Waals surface area (Å²) in [7, 11) is 0. The fraction of sp³-hybridized carbons (Fsp3) is 1.00. The first-order chi connectivity index (χ1) is 5.61. The highest BCUT2D eigenvalue weighted by Gasteiger charge is 2.52. The Morgan fingerprint density at radius 2 is 1.92 bits per heavy atom. The van der Waals surface area contributed by atoms with Crippen molar-refractivity contribution in [3.8, 4) is 0 Å². The summed E-state index contributed by atoms with van der Waals surface area (Å²) in [6.45, 7) is 7.54. The van der Waals surface area contributed by atoms with Crippen LogP contribution in [-0.2, 0) is 0 Å². The van der Waals surface area contributed by atoms with Gasteiger partial charge in [-0.3, -0.25) is 4.90 Å². The van der Waals surface area contributed by atoms with Crippen molar-refractivity contribution in [3.05, 3.63) is 0 Å². The summed E-state index contributed by atoms with van der Waals surface area (Å²) in [5.41, 5.74) is 0.733. The van der Waals surface area contributed by atoms with Crippen LogP contribution in [-0.4, -0.2) is 35.7 Å². The first-order valence-corrected chi connectivity index (χ1v) is 5.02. The van der Waals surface area contributed by atoms with Crippen LogP contribution in [0.1, 0.15) is 26.7 Å². The SMILES string of the molecule is CC(C)C(O)CN1CC2(CC2)C1. The average molecular weight is 169 g/mol. The zero-order valence-electron chi connectivity index (χ0n) is 8.08. The van der Waals surface area contributed by atoms with E-state index in [4.69, 9.17) is 0 Å². The van der Waals surface area contributed by atoms with Crippen molar-refractivity contribution in [2.75, 3.05) is 19.6 Å². The van der Waals surface area contributed by atoms with Gasteiger partial charge in [0.2, 0.25) is 0 Å². The molecular weight excluding hydrogens is 150 g/mol. The summed E-state index contributed by atoms with van der Waals surface area (Å²) in [5, 5.41) is 9.61. The molecule has 0 aromatic carbocycles. The largest absolute Gasteiger partial charge is 0.392 e. The molecule has 2 nitrogen and oxygen atoms in total. The van der Waals surface area contributed by atoms with Gasteiger partial charge in [0, 0.05) is 19.6 Å². The molecule has 1 aliphatic carbocycles. The minimum Gasteiger partial charge on any atom is -0.392 e. The Labute approximate surface area is 74.6 Å². The summed E-state index contributed by atoms with van der Waals surface area (Å²) >= 11 is 0. The van der Waals surface area contributed by atoms with E-state index in [9.17, 15) is 5.11 Å². The van der Waals surface area contributed by atoms with E-state index in [2.05, 4.69) is 18.7 Å². The smallest absolute Gasteiger partial charge is 0.0689 e. The van der Waals surface area contributed by atoms with Crippen LogP contribution in [0.3, 0.4) is 0 Å². The molecule has 1 saturated heterocycles. The fourth-order valence-electron chi connectivity index (χ4n) is 2.00. The van der Waals surface area contributed by atoms with Crippen LogP contribution in [0.2, 0.25) is 0 Å². The second-order valence-corrected chi connectivity index (χ2v) is 4.98. The van der Waals surface area contributed by atoms with Gasteiger partial charge in [-0.2, -0.15) is 0 Å². The Hall–Kier alpha value is -0.0800. The molecule has 0 radical (unpaired) electrons. The fourth-order valence-corrected chi connectivity index (χ4v) is 2.00. The molecule has 0 aromatic rings. The number of hydrogen-bond donors (Lipinski definition) is 1. The lowest BCUT2D eigenvalue weighted by Crippen LogP contribution is -2.51. The number of aliphatic hydroxyl groups is 1. The third-order valence-electron chi connectivity index (χ3n) is 3.29. The second-order valence-electron chi connectivity index (χ2n) is 4.98. The van der Waals surface area contributed by atoms with Crippen LogP contribution in [0.5, 0.6) is 0 Å². The van der Waals surface area contributed by atoms with Crippen molar-refractivity contribution in [2.24, 2.45) is 11.3 Å². The molecule has 1 atom stereocenters. The summed E-state index contributed by atoms with van der Waals surface area (Å²) in [6.07, 6.45) is 2.74. The van der Waals surface area contributed by atoms with E-state index < -0.39 is 0 Å². The van der Waals surface area contributed by atoms with Gasteiger partial charge in [-0.1, -0.05) is 13.8 Å². The third-order valence-corrected chi connectivity index (χ3v) is 3.29. The van der Waals surface area contributed by atoms with Crippen molar-refractivity contribution < 1.29 is 5.11 Å². The van der Waals surface area contributed by atoms with Crippen LogP contribution < -0.4 is 0 Å². The van der Waals surface area contributed by atoms with E-state index >= 15 is 0 Å². The maximum absolute atomic E-state index is 9.61. The minimum atomic E-state index is -0.124. The van der Waals surface area contributed by atoms with E-state index in [0.29, 0.717) is 5.92 Å². The number of likely N-dealkylation sites (tertiary alicyclic amines) is 1. The van der Waals surface area contributed by atoms with Gasteiger partial charge < -0.3 is 5.11 Å². The number of nitrogens with zero attached hydrogens (tertiary/aromatic N) is 1. The topological polar surface area (TPSA) is 23.5 Å². The Bertz CT molecular complexity index is 167. The van der Waals surface area contributed by atoms with Gasteiger partial charge in [0.1, 0.15) is 0 Å². The number of rotatable bonds is 3. The lowest BCUT2D eigenvalue weighted by atomic mass is 9.95. The maximum Gasteiger partial charge on any atom is 0.0689 e. The van der Waals surface area contributed by atoms with E-state index in [1.165, 1.54) is 25.9 Å². The van der Waals surface area contributed by atoms with Crippen molar-refractivity contribution in [3.63, 3.8) is 0 Å². The molecule has 1 spiro atoms. The standard InChI is InChI=1S/C10H19NO/c1-8(2)9(12)5-11-6-10(7-11)3-4-10/h8-9,12H,3-7H2,1-2H3. The van der Waals surface area contributed by atoms with Gasteiger partial charge >= 0.3 is 0 Å². The zero-order valence-corrected chi connectivity index (χ0v) is 8.08. The van der Waals surface area contributed by atoms with Crippen LogP contribution in [0.4, 0.5) is 0 Å². The number of hydrogen-bond acceptors (Lipinski definition) is 2. The summed E-state index contributed by atoms with van der Waals surface area (Å²) in [6, 6.07) is 0. The highest BCUT2D eigenvalue weighted by Crippen LogP contribution is 2.52.